The first-order chi connectivity index (χ1) is 5.61. The lowest BCUT2D eigenvalue weighted by Crippen LogP contribution is -1.93. The molecule has 0 amide bonds. The van der Waals surface area contributed by atoms with Crippen molar-refractivity contribution < 1.29 is 0 Å². The fraction of sp³-hybridized carbons (Fsp3) is 0.500. The lowest BCUT2D eigenvalue weighted by atomic mass is 10.1. The van der Waals surface area contributed by atoms with Gasteiger partial charge in [0.05, 0.1) is 0 Å². The van der Waals surface area contributed by atoms with Crippen molar-refractivity contribution in [3.8, 4) is 0 Å². The third kappa shape index (κ3) is 2.44. The summed E-state index contributed by atoms with van der Waals surface area (Å²) in [6.07, 6.45) is 1.98. The highest BCUT2D eigenvalue weighted by Gasteiger charge is 2.03. The van der Waals surface area contributed by atoms with E-state index in [2.05, 4.69) is 60.5 Å². The molecular weight excluding hydrogens is 261 g/mol. The van der Waals surface area contributed by atoms with Gasteiger partial charge < -0.3 is 0 Å². The van der Waals surface area contributed by atoms with Crippen LogP contribution in [-0.4, -0.2) is 4.98 Å². The molecule has 0 unspecified atom stereocenters. The molecule has 0 aliphatic heterocycles. The van der Waals surface area contributed by atoms with Gasteiger partial charge in [-0.1, -0.05) is 42.5 Å². The van der Waals surface area contributed by atoms with Crippen molar-refractivity contribution in [1.82, 2.24) is 4.98 Å². The van der Waals surface area contributed by atoms with Gasteiger partial charge in [-0.05, 0) is 24.5 Å². The van der Waals surface area contributed by atoms with Crippen molar-refractivity contribution in [1.29, 1.82) is 0 Å². The topological polar surface area (TPSA) is 12.9 Å². The Bertz CT molecular complexity index is 212. The summed E-state index contributed by atoms with van der Waals surface area (Å²) in [5.41, 5.74) is 2.48. The normalized spacial score (nSPS) is 13.4. The first-order valence-electron chi connectivity index (χ1n) is 4.21. The fourth-order valence-electron chi connectivity index (χ4n) is 0.994. The van der Waals surface area contributed by atoms with Crippen LogP contribution in [0.2, 0.25) is 0 Å². The second-order valence-corrected chi connectivity index (χ2v) is 5.16. The molecule has 0 aliphatic rings. The van der Waals surface area contributed by atoms with Crippen molar-refractivity contribution in [2.24, 2.45) is 0 Å². The van der Waals surface area contributed by atoms with E-state index in [9.17, 15) is 0 Å². The van der Waals surface area contributed by atoms with Gasteiger partial charge in [-0.3, -0.25) is 4.98 Å². The van der Waals surface area contributed by atoms with Crippen LogP contribution >= 0.6 is 22.6 Å². The van der Waals surface area contributed by atoms with E-state index >= 15 is 0 Å². The van der Waals surface area contributed by atoms with Crippen LogP contribution in [0, 0.1) is 0 Å². The molecule has 12 heavy (non-hydrogen) atoms. The molecule has 1 aromatic heterocycles. The smallest absolute Gasteiger partial charge is 0.0429 e. The molecule has 0 saturated carbocycles. The average Bonchev–Trinajstić information content (AvgIpc) is 2.04. The number of hydrogen-bond acceptors (Lipinski definition) is 1. The van der Waals surface area contributed by atoms with Gasteiger partial charge in [0.25, 0.3) is 0 Å². The van der Waals surface area contributed by atoms with Gasteiger partial charge in [-0.15, -0.1) is 0 Å². The van der Waals surface area contributed by atoms with E-state index in [0.717, 1.165) is 0 Å². The fourth-order valence-corrected chi connectivity index (χ4v) is 1.36. The molecule has 0 aromatic carbocycles. The van der Waals surface area contributed by atoms with E-state index in [1.807, 2.05) is 6.20 Å². The highest BCUT2D eigenvalue weighted by molar-refractivity contribution is 14.1. The standard InChI is InChI=1S/C10H14IN/c1-7(2)10-5-4-9(6-12-10)8(3)11/h4-8H,1-3H3/t8-/m0/s1. The Hall–Kier alpha value is -0.120. The predicted octanol–water partition coefficient (Wildman–Crippen LogP) is 3.70. The summed E-state index contributed by atoms with van der Waals surface area (Å²) >= 11 is 2.40. The third-order valence-electron chi connectivity index (χ3n) is 1.86. The molecule has 0 N–H and O–H groups in total. The molecule has 1 atom stereocenters. The second-order valence-electron chi connectivity index (χ2n) is 3.29. The Morgan fingerprint density at radius 1 is 1.25 bits per heavy atom. The van der Waals surface area contributed by atoms with Crippen LogP contribution in [0.3, 0.4) is 0 Å². The molecule has 1 heterocycles. The minimum atomic E-state index is 0.531. The Morgan fingerprint density at radius 3 is 2.25 bits per heavy atom. The van der Waals surface area contributed by atoms with Crippen LogP contribution in [0.25, 0.3) is 0 Å². The molecule has 0 bridgehead atoms. The number of alkyl halides is 1. The van der Waals surface area contributed by atoms with Crippen LogP contribution in [0.5, 0.6) is 0 Å². The highest BCUT2D eigenvalue weighted by Crippen LogP contribution is 2.22. The summed E-state index contributed by atoms with van der Waals surface area (Å²) < 4.78 is 0.552. The summed E-state index contributed by atoms with van der Waals surface area (Å²) in [7, 11) is 0. The summed E-state index contributed by atoms with van der Waals surface area (Å²) in [4.78, 5) is 4.39. The molecule has 0 radical (unpaired) electrons. The van der Waals surface area contributed by atoms with Gasteiger partial charge >= 0.3 is 0 Å². The molecular formula is C10H14IN. The Labute approximate surface area is 87.7 Å². The summed E-state index contributed by atoms with van der Waals surface area (Å²) in [5.74, 6) is 0.531. The van der Waals surface area contributed by atoms with Crippen molar-refractivity contribution in [2.75, 3.05) is 0 Å². The number of nitrogens with zero attached hydrogens (tertiary/aromatic N) is 1. The molecule has 1 rings (SSSR count). The third-order valence-corrected chi connectivity index (χ3v) is 2.58. The number of hydrogen-bond donors (Lipinski definition) is 0. The van der Waals surface area contributed by atoms with Crippen molar-refractivity contribution in [2.45, 2.75) is 30.6 Å². The zero-order valence-electron chi connectivity index (χ0n) is 7.71. The van der Waals surface area contributed by atoms with Crippen molar-refractivity contribution in [3.05, 3.63) is 29.6 Å². The first-order valence-corrected chi connectivity index (χ1v) is 5.45. The molecule has 1 aromatic rings. The van der Waals surface area contributed by atoms with Crippen LogP contribution in [0.1, 0.15) is 41.9 Å². The highest BCUT2D eigenvalue weighted by atomic mass is 127. The first kappa shape index (κ1) is 9.96. The van der Waals surface area contributed by atoms with Gasteiger partial charge in [0, 0.05) is 15.8 Å². The number of rotatable bonds is 2. The van der Waals surface area contributed by atoms with Crippen LogP contribution < -0.4 is 0 Å². The van der Waals surface area contributed by atoms with E-state index in [1.165, 1.54) is 11.3 Å². The van der Waals surface area contributed by atoms with Gasteiger partial charge in [-0.25, -0.2) is 0 Å². The maximum absolute atomic E-state index is 4.39. The second kappa shape index (κ2) is 4.21. The molecule has 1 nitrogen and oxygen atoms in total. The average molecular weight is 275 g/mol. The summed E-state index contributed by atoms with van der Waals surface area (Å²) in [5, 5.41) is 0. The number of halogens is 1. The minimum Gasteiger partial charge on any atom is -0.261 e. The van der Waals surface area contributed by atoms with Gasteiger partial charge in [0.15, 0.2) is 0 Å². The monoisotopic (exact) mass is 275 g/mol. The van der Waals surface area contributed by atoms with Gasteiger partial charge in [0.1, 0.15) is 0 Å². The van der Waals surface area contributed by atoms with Crippen molar-refractivity contribution >= 4 is 22.6 Å². The Balaban J connectivity index is 2.86. The number of aromatic nitrogens is 1. The maximum Gasteiger partial charge on any atom is 0.0429 e. The minimum absolute atomic E-state index is 0.531. The zero-order valence-corrected chi connectivity index (χ0v) is 9.87. The quantitative estimate of drug-likeness (QED) is 0.592. The van der Waals surface area contributed by atoms with Gasteiger partial charge in [0.2, 0.25) is 0 Å². The van der Waals surface area contributed by atoms with E-state index in [1.54, 1.807) is 0 Å². The molecule has 0 aliphatic carbocycles. The van der Waals surface area contributed by atoms with E-state index < -0.39 is 0 Å². The van der Waals surface area contributed by atoms with Gasteiger partial charge in [-0.2, -0.15) is 0 Å². The largest absolute Gasteiger partial charge is 0.261 e. The molecule has 2 heteroatoms. The SMILES string of the molecule is CC(C)c1ccc([C@H](C)I)cn1. The van der Waals surface area contributed by atoms with E-state index in [-0.39, 0.29) is 0 Å². The molecule has 0 spiro atoms. The lowest BCUT2D eigenvalue weighted by Gasteiger charge is -2.06. The van der Waals surface area contributed by atoms with Crippen LogP contribution in [0.4, 0.5) is 0 Å². The maximum atomic E-state index is 4.39. The predicted molar refractivity (Wildman–Crippen MR) is 60.8 cm³/mol. The lowest BCUT2D eigenvalue weighted by molar-refractivity contribution is 0.819. The van der Waals surface area contributed by atoms with Crippen LogP contribution in [0.15, 0.2) is 18.3 Å². The molecule has 0 fully saturated rings. The summed E-state index contributed by atoms with van der Waals surface area (Å²) in [6.45, 7) is 6.50. The Kier molecular flexibility index (Phi) is 3.50. The summed E-state index contributed by atoms with van der Waals surface area (Å²) in [6, 6.07) is 4.29. The zero-order chi connectivity index (χ0) is 9.14. The van der Waals surface area contributed by atoms with Crippen molar-refractivity contribution in [3.63, 3.8) is 0 Å². The number of pyridine rings is 1. The van der Waals surface area contributed by atoms with E-state index in [4.69, 9.17) is 0 Å². The Morgan fingerprint density at radius 2 is 1.92 bits per heavy atom. The molecule has 66 valence electrons. The van der Waals surface area contributed by atoms with E-state index in [0.29, 0.717) is 9.84 Å². The molecule has 0 saturated heterocycles. The van der Waals surface area contributed by atoms with Crippen LogP contribution in [-0.2, 0) is 0 Å².